The Hall–Kier alpha value is -1.43. The number of nitrogens with zero attached hydrogens (tertiary/aromatic N) is 1. The smallest absolute Gasteiger partial charge is 0.253 e. The van der Waals surface area contributed by atoms with Gasteiger partial charge in [-0.3, -0.25) is 4.79 Å². The highest BCUT2D eigenvalue weighted by atomic mass is 16.5. The van der Waals surface area contributed by atoms with Crippen LogP contribution in [0, 0.1) is 0 Å². The van der Waals surface area contributed by atoms with E-state index >= 15 is 0 Å². The number of carbonyl (C=O) groups excluding carboxylic acids is 1. The summed E-state index contributed by atoms with van der Waals surface area (Å²) in [7, 11) is 1.62. The Labute approximate surface area is 113 Å². The number of carbonyl (C=O) groups is 1. The summed E-state index contributed by atoms with van der Waals surface area (Å²) in [5, 5.41) is 0. The van der Waals surface area contributed by atoms with Crippen molar-refractivity contribution in [3.8, 4) is 0 Å². The highest BCUT2D eigenvalue weighted by Crippen LogP contribution is 2.21. The minimum absolute atomic E-state index is 0.00259. The van der Waals surface area contributed by atoms with E-state index in [1.165, 1.54) is 5.56 Å². The maximum atomic E-state index is 12.4. The zero-order chi connectivity index (χ0) is 13.7. The fourth-order valence-electron chi connectivity index (χ4n) is 2.16. The Kier molecular flexibility index (Phi) is 4.90. The first-order chi connectivity index (χ1) is 9.26. The minimum atomic E-state index is -0.00259. The van der Waals surface area contributed by atoms with E-state index in [1.807, 2.05) is 18.2 Å². The first-order valence-electron chi connectivity index (χ1n) is 6.44. The SMILES string of the molecule is COCCN(CCN)C(=O)c1ccc2c(c1)COC2. The van der Waals surface area contributed by atoms with Crippen LogP contribution in [0.2, 0.25) is 0 Å². The van der Waals surface area contributed by atoms with Crippen LogP contribution in [0.25, 0.3) is 0 Å². The van der Waals surface area contributed by atoms with Crippen LogP contribution < -0.4 is 5.73 Å². The summed E-state index contributed by atoms with van der Waals surface area (Å²) in [6.45, 7) is 3.28. The third kappa shape index (κ3) is 3.32. The summed E-state index contributed by atoms with van der Waals surface area (Å²) in [4.78, 5) is 14.1. The van der Waals surface area contributed by atoms with E-state index in [1.54, 1.807) is 12.0 Å². The van der Waals surface area contributed by atoms with Gasteiger partial charge in [0, 0.05) is 32.3 Å². The maximum Gasteiger partial charge on any atom is 0.253 e. The lowest BCUT2D eigenvalue weighted by molar-refractivity contribution is 0.0701. The molecule has 0 saturated heterocycles. The molecule has 0 radical (unpaired) electrons. The highest BCUT2D eigenvalue weighted by Gasteiger charge is 2.18. The zero-order valence-corrected chi connectivity index (χ0v) is 11.2. The van der Waals surface area contributed by atoms with E-state index in [0.717, 1.165) is 5.56 Å². The first kappa shape index (κ1) is 14.0. The quantitative estimate of drug-likeness (QED) is 0.824. The van der Waals surface area contributed by atoms with Crippen LogP contribution in [0.3, 0.4) is 0 Å². The normalized spacial score (nSPS) is 13.4. The highest BCUT2D eigenvalue weighted by molar-refractivity contribution is 5.94. The fourth-order valence-corrected chi connectivity index (χ4v) is 2.16. The number of rotatable bonds is 6. The van der Waals surface area contributed by atoms with Gasteiger partial charge in [-0.25, -0.2) is 0 Å². The van der Waals surface area contributed by atoms with Crippen molar-refractivity contribution < 1.29 is 14.3 Å². The molecule has 0 aliphatic carbocycles. The summed E-state index contributed by atoms with van der Waals surface area (Å²) in [5.74, 6) is -0.00259. The number of benzene rings is 1. The van der Waals surface area contributed by atoms with Crippen LogP contribution in [0.1, 0.15) is 21.5 Å². The van der Waals surface area contributed by atoms with Gasteiger partial charge in [-0.2, -0.15) is 0 Å². The fraction of sp³-hybridized carbons (Fsp3) is 0.500. The molecule has 19 heavy (non-hydrogen) atoms. The maximum absolute atomic E-state index is 12.4. The van der Waals surface area contributed by atoms with E-state index < -0.39 is 0 Å². The summed E-state index contributed by atoms with van der Waals surface area (Å²) < 4.78 is 10.4. The van der Waals surface area contributed by atoms with Crippen LogP contribution in [0.4, 0.5) is 0 Å². The molecule has 1 amide bonds. The molecule has 0 bridgehead atoms. The van der Waals surface area contributed by atoms with E-state index in [0.29, 0.717) is 45.0 Å². The number of hydrogen-bond donors (Lipinski definition) is 1. The average Bonchev–Trinajstić information content (AvgIpc) is 2.90. The van der Waals surface area contributed by atoms with Gasteiger partial charge in [-0.05, 0) is 23.3 Å². The number of methoxy groups -OCH3 is 1. The summed E-state index contributed by atoms with van der Waals surface area (Å²) in [6.07, 6.45) is 0. The lowest BCUT2D eigenvalue weighted by atomic mass is 10.1. The molecule has 5 nitrogen and oxygen atoms in total. The first-order valence-corrected chi connectivity index (χ1v) is 6.44. The van der Waals surface area contributed by atoms with Crippen molar-refractivity contribution in [3.63, 3.8) is 0 Å². The Balaban J connectivity index is 2.11. The van der Waals surface area contributed by atoms with Gasteiger partial charge in [-0.15, -0.1) is 0 Å². The van der Waals surface area contributed by atoms with E-state index in [4.69, 9.17) is 15.2 Å². The van der Waals surface area contributed by atoms with Crippen molar-refractivity contribution in [1.82, 2.24) is 4.90 Å². The molecule has 0 spiro atoms. The van der Waals surface area contributed by atoms with Crippen LogP contribution in [0.5, 0.6) is 0 Å². The zero-order valence-electron chi connectivity index (χ0n) is 11.2. The van der Waals surface area contributed by atoms with Crippen molar-refractivity contribution in [2.75, 3.05) is 33.4 Å². The lowest BCUT2D eigenvalue weighted by Gasteiger charge is -2.22. The van der Waals surface area contributed by atoms with Crippen LogP contribution in [0.15, 0.2) is 18.2 Å². The molecule has 1 heterocycles. The molecule has 104 valence electrons. The summed E-state index contributed by atoms with van der Waals surface area (Å²) >= 11 is 0. The molecule has 5 heteroatoms. The molecular formula is C14H20N2O3. The van der Waals surface area contributed by atoms with Gasteiger partial charge in [0.15, 0.2) is 0 Å². The van der Waals surface area contributed by atoms with Gasteiger partial charge in [0.05, 0.1) is 19.8 Å². The van der Waals surface area contributed by atoms with Gasteiger partial charge in [0.25, 0.3) is 5.91 Å². The predicted molar refractivity (Wildman–Crippen MR) is 71.8 cm³/mol. The van der Waals surface area contributed by atoms with E-state index in [9.17, 15) is 4.79 Å². The number of amides is 1. The molecule has 2 N–H and O–H groups in total. The largest absolute Gasteiger partial charge is 0.383 e. The number of nitrogens with two attached hydrogens (primary N) is 1. The van der Waals surface area contributed by atoms with Crippen LogP contribution in [-0.2, 0) is 22.7 Å². The molecule has 0 fully saturated rings. The molecule has 1 aromatic carbocycles. The van der Waals surface area contributed by atoms with Crippen molar-refractivity contribution in [1.29, 1.82) is 0 Å². The molecule has 0 atom stereocenters. The minimum Gasteiger partial charge on any atom is -0.383 e. The Morgan fingerprint density at radius 2 is 2.16 bits per heavy atom. The molecule has 1 aliphatic heterocycles. The third-order valence-electron chi connectivity index (χ3n) is 3.22. The monoisotopic (exact) mass is 264 g/mol. The van der Waals surface area contributed by atoms with Gasteiger partial charge in [0.1, 0.15) is 0 Å². The Morgan fingerprint density at radius 3 is 2.89 bits per heavy atom. The second-order valence-corrected chi connectivity index (χ2v) is 4.55. The second kappa shape index (κ2) is 6.65. The van der Waals surface area contributed by atoms with Crippen molar-refractivity contribution in [2.24, 2.45) is 5.73 Å². The molecular weight excluding hydrogens is 244 g/mol. The van der Waals surface area contributed by atoms with Crippen LogP contribution in [-0.4, -0.2) is 44.2 Å². The molecule has 0 aromatic heterocycles. The Bertz CT molecular complexity index is 448. The third-order valence-corrected chi connectivity index (χ3v) is 3.22. The summed E-state index contributed by atoms with van der Waals surface area (Å²) in [5.41, 5.74) is 8.51. The van der Waals surface area contributed by atoms with Gasteiger partial charge >= 0.3 is 0 Å². The molecule has 1 aromatic rings. The molecule has 0 saturated carbocycles. The Morgan fingerprint density at radius 1 is 1.37 bits per heavy atom. The van der Waals surface area contributed by atoms with E-state index in [-0.39, 0.29) is 5.91 Å². The lowest BCUT2D eigenvalue weighted by Crippen LogP contribution is -2.37. The number of fused-ring (bicyclic) bond motifs is 1. The standard InChI is InChI=1S/C14H20N2O3/c1-18-7-6-16(5-4-15)14(17)11-2-3-12-9-19-10-13(12)8-11/h2-3,8H,4-7,9-10,15H2,1H3. The van der Waals surface area contributed by atoms with Crippen molar-refractivity contribution in [2.45, 2.75) is 13.2 Å². The van der Waals surface area contributed by atoms with Gasteiger partial charge < -0.3 is 20.1 Å². The van der Waals surface area contributed by atoms with Crippen molar-refractivity contribution in [3.05, 3.63) is 34.9 Å². The predicted octanol–water partition coefficient (Wildman–Crippen LogP) is 0.764. The van der Waals surface area contributed by atoms with E-state index in [2.05, 4.69) is 0 Å². The summed E-state index contributed by atoms with van der Waals surface area (Å²) in [6, 6.07) is 5.74. The molecule has 1 aliphatic rings. The number of hydrogen-bond acceptors (Lipinski definition) is 4. The molecule has 0 unspecified atom stereocenters. The van der Waals surface area contributed by atoms with Crippen LogP contribution >= 0.6 is 0 Å². The van der Waals surface area contributed by atoms with Gasteiger partial charge in [-0.1, -0.05) is 6.07 Å². The second-order valence-electron chi connectivity index (χ2n) is 4.55. The average molecular weight is 264 g/mol. The van der Waals surface area contributed by atoms with Gasteiger partial charge in [0.2, 0.25) is 0 Å². The topological polar surface area (TPSA) is 64.8 Å². The molecule has 2 rings (SSSR count). The number of ether oxygens (including phenoxy) is 2. The van der Waals surface area contributed by atoms with Crippen molar-refractivity contribution >= 4 is 5.91 Å².